The van der Waals surface area contributed by atoms with E-state index < -0.39 is 0 Å². The van der Waals surface area contributed by atoms with Gasteiger partial charge in [-0.1, -0.05) is 48.5 Å². The van der Waals surface area contributed by atoms with Gasteiger partial charge >= 0.3 is 0 Å². The summed E-state index contributed by atoms with van der Waals surface area (Å²) in [5.74, 6) is 1.59. The van der Waals surface area contributed by atoms with E-state index in [4.69, 9.17) is 19.7 Å². The largest absolute Gasteiger partial charge is 0.488 e. The van der Waals surface area contributed by atoms with Gasteiger partial charge in [0, 0.05) is 26.2 Å². The second kappa shape index (κ2) is 16.2. The number of ether oxygens (including phenoxy) is 2. The molecular formula is C34H38Br2N2O4. The van der Waals surface area contributed by atoms with Crippen molar-refractivity contribution in [3.8, 4) is 22.6 Å². The highest BCUT2D eigenvalue weighted by atomic mass is 79.9. The Labute approximate surface area is 265 Å². The van der Waals surface area contributed by atoms with Gasteiger partial charge in [-0.05, 0) is 114 Å². The van der Waals surface area contributed by atoms with Crippen molar-refractivity contribution in [3.05, 3.63) is 115 Å². The molecule has 0 bridgehead atoms. The summed E-state index contributed by atoms with van der Waals surface area (Å²) in [5, 5.41) is 24.3. The second-order valence-corrected chi connectivity index (χ2v) is 11.8. The number of benzene rings is 4. The van der Waals surface area contributed by atoms with Crippen molar-refractivity contribution in [2.45, 2.75) is 40.2 Å². The van der Waals surface area contributed by atoms with Crippen LogP contribution in [0.2, 0.25) is 0 Å². The predicted octanol–water partition coefficient (Wildman–Crippen LogP) is 6.82. The van der Waals surface area contributed by atoms with Crippen LogP contribution in [0.4, 0.5) is 0 Å². The maximum Gasteiger partial charge on any atom is 0.134 e. The van der Waals surface area contributed by atoms with Gasteiger partial charge in [-0.15, -0.1) is 0 Å². The minimum absolute atomic E-state index is 0.122. The number of hydrogen-bond donors (Lipinski definition) is 4. The third-order valence-corrected chi connectivity index (χ3v) is 8.42. The molecule has 4 aromatic rings. The molecule has 0 saturated carbocycles. The van der Waals surface area contributed by atoms with Crippen LogP contribution in [0.25, 0.3) is 11.1 Å². The maximum atomic E-state index is 8.97. The lowest BCUT2D eigenvalue weighted by Gasteiger charge is -2.17. The Morgan fingerprint density at radius 3 is 1.43 bits per heavy atom. The van der Waals surface area contributed by atoms with E-state index in [9.17, 15) is 0 Å². The first-order valence-electron chi connectivity index (χ1n) is 14.0. The molecule has 4 rings (SSSR count). The molecule has 0 atom stereocenters. The first-order chi connectivity index (χ1) is 20.4. The molecular weight excluding hydrogens is 660 g/mol. The molecule has 8 heteroatoms. The Hall–Kier alpha value is -2.72. The van der Waals surface area contributed by atoms with Gasteiger partial charge in [0.15, 0.2) is 0 Å². The molecule has 6 nitrogen and oxygen atoms in total. The van der Waals surface area contributed by atoms with Crippen LogP contribution in [-0.4, -0.2) is 36.5 Å². The first-order valence-corrected chi connectivity index (χ1v) is 15.6. The molecule has 0 aliphatic carbocycles. The quantitative estimate of drug-likeness (QED) is 0.102. The summed E-state index contributed by atoms with van der Waals surface area (Å²) in [7, 11) is 0. The summed E-state index contributed by atoms with van der Waals surface area (Å²) >= 11 is 7.28. The molecule has 0 unspecified atom stereocenters. The third kappa shape index (κ3) is 8.66. The van der Waals surface area contributed by atoms with Crippen molar-refractivity contribution in [1.29, 1.82) is 0 Å². The second-order valence-electron chi connectivity index (χ2n) is 10.1. The van der Waals surface area contributed by atoms with Crippen molar-refractivity contribution >= 4 is 31.9 Å². The lowest BCUT2D eigenvalue weighted by molar-refractivity contribution is 0.291. The Morgan fingerprint density at radius 2 is 1.05 bits per heavy atom. The van der Waals surface area contributed by atoms with Crippen LogP contribution in [-0.2, 0) is 26.3 Å². The molecule has 4 N–H and O–H groups in total. The molecule has 222 valence electrons. The zero-order valence-corrected chi connectivity index (χ0v) is 27.2. The highest BCUT2D eigenvalue weighted by Gasteiger charge is 2.13. The van der Waals surface area contributed by atoms with Crippen molar-refractivity contribution < 1.29 is 19.7 Å². The van der Waals surface area contributed by atoms with Crippen molar-refractivity contribution in [2.75, 3.05) is 26.3 Å². The molecule has 0 heterocycles. The Morgan fingerprint density at radius 1 is 0.619 bits per heavy atom. The molecule has 0 fully saturated rings. The van der Waals surface area contributed by atoms with E-state index in [0.717, 1.165) is 42.7 Å². The van der Waals surface area contributed by atoms with Crippen LogP contribution in [0, 0.1) is 13.8 Å². The van der Waals surface area contributed by atoms with Crippen molar-refractivity contribution in [1.82, 2.24) is 10.6 Å². The van der Waals surface area contributed by atoms with Gasteiger partial charge < -0.3 is 30.3 Å². The topological polar surface area (TPSA) is 83.0 Å². The van der Waals surface area contributed by atoms with Crippen LogP contribution in [0.5, 0.6) is 11.5 Å². The van der Waals surface area contributed by atoms with Crippen LogP contribution in [0.1, 0.15) is 33.4 Å². The minimum Gasteiger partial charge on any atom is -0.488 e. The normalized spacial score (nSPS) is 11.1. The molecule has 0 radical (unpaired) electrons. The molecule has 42 heavy (non-hydrogen) atoms. The van der Waals surface area contributed by atoms with Gasteiger partial charge in [0.25, 0.3) is 0 Å². The summed E-state index contributed by atoms with van der Waals surface area (Å²) in [6, 6.07) is 24.8. The van der Waals surface area contributed by atoms with Crippen LogP contribution < -0.4 is 20.1 Å². The monoisotopic (exact) mass is 696 g/mol. The number of nitrogens with one attached hydrogen (secondary N) is 2. The average Bonchev–Trinajstić information content (AvgIpc) is 2.98. The fourth-order valence-electron chi connectivity index (χ4n) is 4.74. The molecule has 0 amide bonds. The van der Waals surface area contributed by atoms with Crippen LogP contribution >= 0.6 is 31.9 Å². The highest BCUT2D eigenvalue weighted by Crippen LogP contribution is 2.33. The molecule has 0 spiro atoms. The van der Waals surface area contributed by atoms with Crippen molar-refractivity contribution in [3.63, 3.8) is 0 Å². The fourth-order valence-corrected chi connectivity index (χ4v) is 5.82. The Bertz CT molecular complexity index is 1370. The summed E-state index contributed by atoms with van der Waals surface area (Å²) in [6.45, 7) is 7.98. The van der Waals surface area contributed by atoms with Gasteiger partial charge in [0.2, 0.25) is 0 Å². The maximum absolute atomic E-state index is 8.97. The Kier molecular flexibility index (Phi) is 12.4. The average molecular weight is 698 g/mol. The highest BCUT2D eigenvalue weighted by molar-refractivity contribution is 9.10. The zero-order chi connectivity index (χ0) is 29.9. The number of hydrogen-bond acceptors (Lipinski definition) is 6. The number of aliphatic hydroxyl groups excluding tert-OH is 2. The smallest absolute Gasteiger partial charge is 0.134 e. The first kappa shape index (κ1) is 32.2. The summed E-state index contributed by atoms with van der Waals surface area (Å²) in [4.78, 5) is 0. The van der Waals surface area contributed by atoms with Gasteiger partial charge in [-0.25, -0.2) is 0 Å². The molecule has 0 aromatic heterocycles. The number of halogens is 2. The summed E-state index contributed by atoms with van der Waals surface area (Å²) < 4.78 is 14.2. The molecule has 0 saturated heterocycles. The van der Waals surface area contributed by atoms with E-state index in [2.05, 4.69) is 92.7 Å². The zero-order valence-electron chi connectivity index (χ0n) is 24.1. The van der Waals surface area contributed by atoms with E-state index in [0.29, 0.717) is 39.4 Å². The summed E-state index contributed by atoms with van der Waals surface area (Å²) in [6.07, 6.45) is 0. The lowest BCUT2D eigenvalue weighted by Crippen LogP contribution is -2.17. The van der Waals surface area contributed by atoms with E-state index >= 15 is 0 Å². The van der Waals surface area contributed by atoms with Crippen molar-refractivity contribution in [2.24, 2.45) is 0 Å². The number of rotatable bonds is 15. The van der Waals surface area contributed by atoms with E-state index in [1.165, 1.54) is 22.3 Å². The molecule has 4 aromatic carbocycles. The standard InChI is InChI=1S/C34H38Br2N2O4/c1-23-27(21-41-33-11-9-25(17-31(33)35)19-37-13-15-39)5-3-7-29(23)30-8-4-6-28(24(30)2)22-42-34-12-10-26(18-32(34)36)20-38-14-16-40/h3-12,17-18,37-40H,13-16,19-22H2,1-2H3. The number of aliphatic hydroxyl groups is 2. The van der Waals surface area contributed by atoms with E-state index in [1.807, 2.05) is 36.4 Å². The fraction of sp³-hybridized carbons (Fsp3) is 0.294. The summed E-state index contributed by atoms with van der Waals surface area (Å²) in [5.41, 5.74) is 9.24. The minimum atomic E-state index is 0.122. The van der Waals surface area contributed by atoms with Gasteiger partial charge in [0.05, 0.1) is 22.2 Å². The molecule has 0 aliphatic heterocycles. The third-order valence-electron chi connectivity index (χ3n) is 7.18. The lowest BCUT2D eigenvalue weighted by atomic mass is 9.92. The SMILES string of the molecule is Cc1c(COc2ccc(CNCCO)cc2Br)cccc1-c1cccc(COc2ccc(CNCCO)cc2Br)c1C. The van der Waals surface area contributed by atoms with E-state index in [1.54, 1.807) is 0 Å². The predicted molar refractivity (Wildman–Crippen MR) is 176 cm³/mol. The van der Waals surface area contributed by atoms with Gasteiger partial charge in [-0.2, -0.15) is 0 Å². The van der Waals surface area contributed by atoms with Gasteiger partial charge in [0.1, 0.15) is 24.7 Å². The molecule has 0 aliphatic rings. The van der Waals surface area contributed by atoms with Gasteiger partial charge in [-0.3, -0.25) is 0 Å². The van der Waals surface area contributed by atoms with Crippen LogP contribution in [0.15, 0.2) is 81.7 Å². The van der Waals surface area contributed by atoms with E-state index in [-0.39, 0.29) is 13.2 Å². The Balaban J connectivity index is 1.44. The van der Waals surface area contributed by atoms with Crippen LogP contribution in [0.3, 0.4) is 0 Å².